The smallest absolute Gasteiger partial charge is 0.308 e. The number of carboxylic acid groups (broad SMARTS) is 1. The number of carboxylic acids is 1. The van der Waals surface area contributed by atoms with Gasteiger partial charge in [0.15, 0.2) is 11.5 Å². The zero-order valence-corrected chi connectivity index (χ0v) is 24.2. The summed E-state index contributed by atoms with van der Waals surface area (Å²) < 4.78 is 22.3. The summed E-state index contributed by atoms with van der Waals surface area (Å²) in [5.41, 5.74) is 1.77. The van der Waals surface area contributed by atoms with Crippen LogP contribution in [-0.4, -0.2) is 91.7 Å². The molecule has 1 fully saturated rings. The number of aliphatic carboxylic acids is 1. The van der Waals surface area contributed by atoms with Crippen LogP contribution >= 0.6 is 0 Å². The Kier molecular flexibility index (Phi) is 10.7. The third-order valence-electron chi connectivity index (χ3n) is 8.10. The van der Waals surface area contributed by atoms with E-state index in [-0.39, 0.29) is 25.9 Å². The molecule has 0 aromatic heterocycles. The van der Waals surface area contributed by atoms with E-state index < -0.39 is 23.8 Å². The van der Waals surface area contributed by atoms with Gasteiger partial charge in [0.05, 0.1) is 26.7 Å². The van der Waals surface area contributed by atoms with Crippen molar-refractivity contribution in [3.8, 4) is 23.0 Å². The maximum Gasteiger partial charge on any atom is 0.308 e. The molecular formula is C31H42N2O8. The molecule has 4 rings (SSSR count). The van der Waals surface area contributed by atoms with Crippen LogP contribution in [0.15, 0.2) is 36.4 Å². The lowest BCUT2D eigenvalue weighted by molar-refractivity contribution is -0.143. The minimum Gasteiger partial charge on any atom is -0.496 e. The van der Waals surface area contributed by atoms with Gasteiger partial charge in [0.1, 0.15) is 5.75 Å². The number of amides is 1. The van der Waals surface area contributed by atoms with Gasteiger partial charge in [0.25, 0.3) is 0 Å². The predicted molar refractivity (Wildman–Crippen MR) is 153 cm³/mol. The van der Waals surface area contributed by atoms with Crippen LogP contribution in [0.5, 0.6) is 23.0 Å². The number of aliphatic hydroxyl groups excluding tert-OH is 1. The molecule has 2 aliphatic heterocycles. The number of hydrogen-bond donors (Lipinski definition) is 2. The largest absolute Gasteiger partial charge is 0.496 e. The number of aryl methyl sites for hydroxylation is 1. The van der Waals surface area contributed by atoms with Crippen molar-refractivity contribution in [2.24, 2.45) is 5.92 Å². The number of ether oxygens (including phenoxy) is 4. The number of nitrogens with zero attached hydrogens (tertiary/aromatic N) is 2. The fourth-order valence-electron chi connectivity index (χ4n) is 6.01. The first-order valence-corrected chi connectivity index (χ1v) is 14.4. The van der Waals surface area contributed by atoms with Crippen molar-refractivity contribution in [3.05, 3.63) is 47.5 Å². The summed E-state index contributed by atoms with van der Waals surface area (Å²) >= 11 is 0. The Hall–Kier alpha value is -3.50. The van der Waals surface area contributed by atoms with Gasteiger partial charge in [-0.2, -0.15) is 0 Å². The van der Waals surface area contributed by atoms with Crippen LogP contribution in [0, 0.1) is 5.92 Å². The van der Waals surface area contributed by atoms with Gasteiger partial charge in [0.2, 0.25) is 18.4 Å². The Morgan fingerprint density at radius 1 is 1.07 bits per heavy atom. The van der Waals surface area contributed by atoms with Crippen molar-refractivity contribution < 1.29 is 38.7 Å². The first-order chi connectivity index (χ1) is 19.9. The number of hydrogen-bond acceptors (Lipinski definition) is 8. The summed E-state index contributed by atoms with van der Waals surface area (Å²) in [5, 5.41) is 19.9. The quantitative estimate of drug-likeness (QED) is 0.332. The van der Waals surface area contributed by atoms with Crippen LogP contribution in [0.25, 0.3) is 0 Å². The van der Waals surface area contributed by atoms with E-state index >= 15 is 0 Å². The molecule has 2 aromatic carbocycles. The van der Waals surface area contributed by atoms with Crippen LogP contribution in [0.4, 0.5) is 0 Å². The highest BCUT2D eigenvalue weighted by Gasteiger charge is 2.47. The molecule has 0 unspecified atom stereocenters. The zero-order valence-electron chi connectivity index (χ0n) is 24.2. The van der Waals surface area contributed by atoms with E-state index in [2.05, 4.69) is 6.92 Å². The maximum absolute atomic E-state index is 13.6. The lowest BCUT2D eigenvalue weighted by Gasteiger charge is -2.30. The number of benzene rings is 2. The number of rotatable bonds is 15. The van der Waals surface area contributed by atoms with Crippen LogP contribution in [0.2, 0.25) is 0 Å². The van der Waals surface area contributed by atoms with E-state index in [0.29, 0.717) is 56.1 Å². The number of fused-ring (bicyclic) bond motifs is 1. The van der Waals surface area contributed by atoms with E-state index in [1.54, 1.807) is 19.1 Å². The summed E-state index contributed by atoms with van der Waals surface area (Å²) in [6, 6.07) is 11.0. The lowest BCUT2D eigenvalue weighted by atomic mass is 9.83. The third kappa shape index (κ3) is 7.05. The first-order valence-electron chi connectivity index (χ1n) is 14.4. The van der Waals surface area contributed by atoms with Gasteiger partial charge >= 0.3 is 5.97 Å². The fourth-order valence-corrected chi connectivity index (χ4v) is 6.01. The molecule has 1 saturated heterocycles. The van der Waals surface area contributed by atoms with E-state index in [0.717, 1.165) is 29.7 Å². The van der Waals surface area contributed by atoms with Gasteiger partial charge in [0, 0.05) is 38.2 Å². The second-order valence-electron chi connectivity index (χ2n) is 10.6. The molecule has 0 bridgehead atoms. The van der Waals surface area contributed by atoms with Crippen molar-refractivity contribution in [1.82, 2.24) is 9.80 Å². The van der Waals surface area contributed by atoms with E-state index in [9.17, 15) is 19.8 Å². The Labute approximate surface area is 241 Å². The molecule has 1 amide bonds. The predicted octanol–water partition coefficient (Wildman–Crippen LogP) is 3.55. The second kappa shape index (κ2) is 14.4. The number of likely N-dealkylation sites (tertiary alicyclic amines) is 1. The van der Waals surface area contributed by atoms with Crippen molar-refractivity contribution in [1.29, 1.82) is 0 Å². The van der Waals surface area contributed by atoms with Gasteiger partial charge < -0.3 is 34.1 Å². The molecule has 2 heterocycles. The van der Waals surface area contributed by atoms with Crippen molar-refractivity contribution >= 4 is 11.9 Å². The van der Waals surface area contributed by atoms with Gasteiger partial charge in [-0.3, -0.25) is 14.5 Å². The van der Waals surface area contributed by atoms with Crippen LogP contribution in [-0.2, 0) is 16.0 Å². The SMILES string of the molecule is CCCCN(CCCO)C(=O)CN1C[C@H](c2cc(OC)c3c(c2)OCO3)[C@@H](C(=O)O)[C@@H]1CCc1ccccc1OC. The average molecular weight is 571 g/mol. The highest BCUT2D eigenvalue weighted by atomic mass is 16.7. The number of methoxy groups -OCH3 is 2. The highest BCUT2D eigenvalue weighted by molar-refractivity contribution is 5.79. The zero-order chi connectivity index (χ0) is 29.4. The van der Waals surface area contributed by atoms with Crippen LogP contribution < -0.4 is 18.9 Å². The Morgan fingerprint density at radius 3 is 2.54 bits per heavy atom. The van der Waals surface area contributed by atoms with Crippen LogP contribution in [0.1, 0.15) is 49.7 Å². The van der Waals surface area contributed by atoms with Gasteiger partial charge in [-0.05, 0) is 55.0 Å². The third-order valence-corrected chi connectivity index (χ3v) is 8.10. The molecule has 0 aliphatic carbocycles. The fraction of sp³-hybridized carbons (Fsp3) is 0.548. The highest BCUT2D eigenvalue weighted by Crippen LogP contribution is 2.47. The van der Waals surface area contributed by atoms with Crippen molar-refractivity contribution in [2.45, 2.75) is 51.0 Å². The van der Waals surface area contributed by atoms with Crippen molar-refractivity contribution in [2.75, 3.05) is 53.8 Å². The number of para-hydroxylation sites is 1. The van der Waals surface area contributed by atoms with E-state index in [1.807, 2.05) is 41.3 Å². The van der Waals surface area contributed by atoms with Crippen LogP contribution in [0.3, 0.4) is 0 Å². The average Bonchev–Trinajstić information content (AvgIpc) is 3.60. The minimum absolute atomic E-state index is 0.0102. The van der Waals surface area contributed by atoms with Crippen molar-refractivity contribution in [3.63, 3.8) is 0 Å². The minimum atomic E-state index is -0.908. The second-order valence-corrected chi connectivity index (χ2v) is 10.6. The summed E-state index contributed by atoms with van der Waals surface area (Å²) in [5.74, 6) is 0.171. The van der Waals surface area contributed by atoms with Gasteiger partial charge in [-0.15, -0.1) is 0 Å². The lowest BCUT2D eigenvalue weighted by Crippen LogP contribution is -2.45. The molecule has 2 N–H and O–H groups in total. The summed E-state index contributed by atoms with van der Waals surface area (Å²) in [6.07, 6.45) is 3.46. The molecular weight excluding hydrogens is 528 g/mol. The van der Waals surface area contributed by atoms with E-state index in [4.69, 9.17) is 18.9 Å². The number of carbonyl (C=O) groups is 2. The standard InChI is InChI=1S/C31H42N2O8/c1-4-5-13-32(14-8-15-34)28(35)19-33-18-23(22-16-26(39-3)30-27(17-22)40-20-41-30)29(31(36)37)24(33)12-11-21-9-6-7-10-25(21)38-2/h6-7,9-10,16-17,23-24,29,34H,4-5,8,11-15,18-20H2,1-3H3,(H,36,37)/t23-,24+,29-/m1/s1. The summed E-state index contributed by atoms with van der Waals surface area (Å²) in [6.45, 7) is 3.74. The van der Waals surface area contributed by atoms with E-state index in [1.165, 1.54) is 0 Å². The van der Waals surface area contributed by atoms with Gasteiger partial charge in [-0.1, -0.05) is 31.5 Å². The number of carbonyl (C=O) groups excluding carboxylic acids is 1. The Balaban J connectivity index is 1.66. The monoisotopic (exact) mass is 570 g/mol. The summed E-state index contributed by atoms with van der Waals surface area (Å²) in [7, 11) is 3.17. The molecule has 3 atom stereocenters. The molecule has 10 heteroatoms. The molecule has 41 heavy (non-hydrogen) atoms. The topological polar surface area (TPSA) is 118 Å². The molecule has 2 aliphatic rings. The number of unbranched alkanes of at least 4 members (excludes halogenated alkanes) is 1. The Bertz CT molecular complexity index is 1180. The number of aliphatic hydroxyl groups is 1. The molecule has 10 nitrogen and oxygen atoms in total. The molecule has 2 aromatic rings. The maximum atomic E-state index is 13.6. The Morgan fingerprint density at radius 2 is 1.83 bits per heavy atom. The molecule has 0 spiro atoms. The molecule has 0 radical (unpaired) electrons. The van der Waals surface area contributed by atoms with Gasteiger partial charge in [-0.25, -0.2) is 0 Å². The molecule has 224 valence electrons. The normalized spacial score (nSPS) is 19.8. The first kappa shape index (κ1) is 30.5. The molecule has 0 saturated carbocycles. The summed E-state index contributed by atoms with van der Waals surface area (Å²) in [4.78, 5) is 30.3.